The normalized spacial score (nSPS) is 11.5. The minimum atomic E-state index is -0.385. The van der Waals surface area contributed by atoms with Crippen LogP contribution in [0.3, 0.4) is 0 Å². The van der Waals surface area contributed by atoms with Crippen LogP contribution >= 0.6 is 0 Å². The van der Waals surface area contributed by atoms with E-state index in [0.29, 0.717) is 17.1 Å². The van der Waals surface area contributed by atoms with Gasteiger partial charge in [-0.25, -0.2) is 0 Å². The number of hydrogen-bond donors (Lipinski definition) is 0. The van der Waals surface area contributed by atoms with Crippen LogP contribution in [0.1, 0.15) is 17.3 Å². The molecule has 1 atom stereocenters. The van der Waals surface area contributed by atoms with Crippen molar-refractivity contribution in [1.82, 2.24) is 4.90 Å². The van der Waals surface area contributed by atoms with Gasteiger partial charge in [0.25, 0.3) is 5.91 Å². The van der Waals surface area contributed by atoms with Crippen LogP contribution in [0.15, 0.2) is 18.2 Å². The molecule has 0 aliphatic carbocycles. The van der Waals surface area contributed by atoms with Crippen LogP contribution in [0.5, 0.6) is 11.5 Å². The molecule has 1 aromatic carbocycles. The second-order valence-electron chi connectivity index (χ2n) is 4.68. The molecular formula is C15H21NO5. The molecule has 0 saturated carbocycles. The summed E-state index contributed by atoms with van der Waals surface area (Å²) in [5.74, 6) is 0.107. The van der Waals surface area contributed by atoms with Crippen LogP contribution in [-0.2, 0) is 9.53 Å². The Morgan fingerprint density at radius 3 is 2.29 bits per heavy atom. The van der Waals surface area contributed by atoms with Crippen LogP contribution in [0.25, 0.3) is 0 Å². The van der Waals surface area contributed by atoms with E-state index in [9.17, 15) is 9.59 Å². The van der Waals surface area contributed by atoms with E-state index in [1.807, 2.05) is 0 Å². The van der Waals surface area contributed by atoms with Gasteiger partial charge in [0.2, 0.25) is 0 Å². The molecule has 6 nitrogen and oxygen atoms in total. The Morgan fingerprint density at radius 2 is 1.76 bits per heavy atom. The molecule has 0 saturated heterocycles. The van der Waals surface area contributed by atoms with E-state index < -0.39 is 0 Å². The number of hydrogen-bond acceptors (Lipinski definition) is 5. The number of nitrogens with zero attached hydrogens (tertiary/aromatic N) is 1. The van der Waals surface area contributed by atoms with Crippen LogP contribution in [0.2, 0.25) is 0 Å². The fourth-order valence-corrected chi connectivity index (χ4v) is 1.96. The lowest BCUT2D eigenvalue weighted by atomic mass is 10.1. The topological polar surface area (TPSA) is 65.1 Å². The van der Waals surface area contributed by atoms with Crippen LogP contribution < -0.4 is 9.47 Å². The zero-order valence-electron chi connectivity index (χ0n) is 13.0. The summed E-state index contributed by atoms with van der Waals surface area (Å²) in [5.41, 5.74) is 0.465. The van der Waals surface area contributed by atoms with Gasteiger partial charge >= 0.3 is 5.97 Å². The summed E-state index contributed by atoms with van der Waals surface area (Å²) in [6, 6.07) is 4.94. The number of rotatable bonds is 6. The average Bonchev–Trinajstić information content (AvgIpc) is 2.52. The molecule has 1 amide bonds. The number of benzene rings is 1. The molecule has 0 N–H and O–H groups in total. The fourth-order valence-electron chi connectivity index (χ4n) is 1.96. The third-order valence-electron chi connectivity index (χ3n) is 3.13. The Bertz CT molecular complexity index is 515. The predicted molar refractivity (Wildman–Crippen MR) is 77.7 cm³/mol. The number of amides is 1. The lowest BCUT2D eigenvalue weighted by molar-refractivity contribution is -0.145. The summed E-state index contributed by atoms with van der Waals surface area (Å²) in [7, 11) is 6.01. The highest BCUT2D eigenvalue weighted by molar-refractivity contribution is 5.95. The van der Waals surface area contributed by atoms with E-state index >= 15 is 0 Å². The highest BCUT2D eigenvalue weighted by Gasteiger charge is 2.20. The van der Waals surface area contributed by atoms with E-state index in [4.69, 9.17) is 9.47 Å². The van der Waals surface area contributed by atoms with Gasteiger partial charge < -0.3 is 19.1 Å². The van der Waals surface area contributed by atoms with E-state index in [1.165, 1.54) is 26.2 Å². The van der Waals surface area contributed by atoms with Gasteiger partial charge in [0.1, 0.15) is 0 Å². The zero-order chi connectivity index (χ0) is 16.0. The SMILES string of the molecule is COC(=O)C(C)CN(C)C(=O)c1ccc(OC)c(OC)c1. The van der Waals surface area contributed by atoms with Gasteiger partial charge in [-0.3, -0.25) is 9.59 Å². The number of carbonyl (C=O) groups is 2. The first-order chi connectivity index (χ1) is 9.94. The van der Waals surface area contributed by atoms with Crippen LogP contribution in [-0.4, -0.2) is 51.7 Å². The standard InChI is InChI=1S/C15H21NO5/c1-10(15(18)21-5)9-16(2)14(17)11-6-7-12(19-3)13(8-11)20-4/h6-8,10H,9H2,1-5H3. The van der Waals surface area contributed by atoms with Gasteiger partial charge in [0.05, 0.1) is 27.2 Å². The van der Waals surface area contributed by atoms with Crippen molar-refractivity contribution in [3.8, 4) is 11.5 Å². The first-order valence-corrected chi connectivity index (χ1v) is 6.49. The van der Waals surface area contributed by atoms with E-state index in [1.54, 1.807) is 32.2 Å². The lowest BCUT2D eigenvalue weighted by Crippen LogP contribution is -2.34. The Hall–Kier alpha value is -2.24. The number of methoxy groups -OCH3 is 3. The first-order valence-electron chi connectivity index (χ1n) is 6.49. The average molecular weight is 295 g/mol. The third-order valence-corrected chi connectivity index (χ3v) is 3.13. The minimum absolute atomic E-state index is 0.202. The minimum Gasteiger partial charge on any atom is -0.493 e. The second kappa shape index (κ2) is 7.52. The molecule has 1 rings (SSSR count). The number of esters is 1. The fraction of sp³-hybridized carbons (Fsp3) is 0.467. The summed E-state index contributed by atoms with van der Waals surface area (Å²) in [4.78, 5) is 25.2. The smallest absolute Gasteiger partial charge is 0.310 e. The number of ether oxygens (including phenoxy) is 3. The molecule has 21 heavy (non-hydrogen) atoms. The summed E-state index contributed by atoms with van der Waals surface area (Å²) in [5, 5.41) is 0. The molecule has 0 aromatic heterocycles. The molecule has 0 radical (unpaired) electrons. The molecule has 1 aromatic rings. The van der Waals surface area contributed by atoms with Crippen molar-refractivity contribution < 1.29 is 23.8 Å². The highest BCUT2D eigenvalue weighted by atomic mass is 16.5. The largest absolute Gasteiger partial charge is 0.493 e. The van der Waals surface area contributed by atoms with Gasteiger partial charge in [0, 0.05) is 19.2 Å². The molecule has 0 aliphatic heterocycles. The molecule has 0 aliphatic rings. The quantitative estimate of drug-likeness (QED) is 0.746. The Kier molecular flexibility index (Phi) is 6.02. The predicted octanol–water partition coefficient (Wildman–Crippen LogP) is 1.58. The van der Waals surface area contributed by atoms with Gasteiger partial charge in [0.15, 0.2) is 11.5 Å². The van der Waals surface area contributed by atoms with Crippen molar-refractivity contribution in [3.63, 3.8) is 0 Å². The maximum Gasteiger partial charge on any atom is 0.310 e. The zero-order valence-corrected chi connectivity index (χ0v) is 13.0. The molecular weight excluding hydrogens is 274 g/mol. The third kappa shape index (κ3) is 4.11. The molecule has 0 bridgehead atoms. The van der Waals surface area contributed by atoms with Crippen molar-refractivity contribution in [2.45, 2.75) is 6.92 Å². The van der Waals surface area contributed by atoms with E-state index in [-0.39, 0.29) is 24.3 Å². The van der Waals surface area contributed by atoms with Crippen molar-refractivity contribution in [1.29, 1.82) is 0 Å². The second-order valence-corrected chi connectivity index (χ2v) is 4.68. The maximum absolute atomic E-state index is 12.3. The molecule has 0 fully saturated rings. The summed E-state index contributed by atoms with van der Waals surface area (Å²) >= 11 is 0. The van der Waals surface area contributed by atoms with Gasteiger partial charge in [-0.1, -0.05) is 6.92 Å². The van der Waals surface area contributed by atoms with Gasteiger partial charge in [-0.05, 0) is 18.2 Å². The summed E-state index contributed by atoms with van der Waals surface area (Å²) < 4.78 is 15.0. The molecule has 1 unspecified atom stereocenters. The Labute approximate surface area is 124 Å². The van der Waals surface area contributed by atoms with E-state index in [2.05, 4.69) is 4.74 Å². The summed E-state index contributed by atoms with van der Waals surface area (Å²) in [6.07, 6.45) is 0. The molecule has 6 heteroatoms. The molecule has 116 valence electrons. The number of carbonyl (C=O) groups excluding carboxylic acids is 2. The molecule has 0 spiro atoms. The van der Waals surface area contributed by atoms with E-state index in [0.717, 1.165) is 0 Å². The van der Waals surface area contributed by atoms with Gasteiger partial charge in [-0.15, -0.1) is 0 Å². The monoisotopic (exact) mass is 295 g/mol. The van der Waals surface area contributed by atoms with Crippen LogP contribution in [0, 0.1) is 5.92 Å². The van der Waals surface area contributed by atoms with Gasteiger partial charge in [-0.2, -0.15) is 0 Å². The van der Waals surface area contributed by atoms with Crippen molar-refractivity contribution in [3.05, 3.63) is 23.8 Å². The Balaban J connectivity index is 2.85. The maximum atomic E-state index is 12.3. The van der Waals surface area contributed by atoms with Crippen molar-refractivity contribution in [2.75, 3.05) is 34.9 Å². The van der Waals surface area contributed by atoms with Crippen molar-refractivity contribution >= 4 is 11.9 Å². The van der Waals surface area contributed by atoms with Crippen molar-refractivity contribution in [2.24, 2.45) is 5.92 Å². The molecule has 0 heterocycles. The highest BCUT2D eigenvalue weighted by Crippen LogP contribution is 2.28. The first kappa shape index (κ1) is 16.8. The Morgan fingerprint density at radius 1 is 1.14 bits per heavy atom. The lowest BCUT2D eigenvalue weighted by Gasteiger charge is -2.20. The van der Waals surface area contributed by atoms with Crippen LogP contribution in [0.4, 0.5) is 0 Å². The summed E-state index contributed by atoms with van der Waals surface area (Å²) in [6.45, 7) is 1.99.